The zero-order chi connectivity index (χ0) is 8.69. The first-order chi connectivity index (χ1) is 5.26. The first kappa shape index (κ1) is 10.9. The summed E-state index contributed by atoms with van der Waals surface area (Å²) in [6, 6.07) is 0. The summed E-state index contributed by atoms with van der Waals surface area (Å²) >= 11 is 0. The smallest absolute Gasteiger partial charge is 0.0831 e. The van der Waals surface area contributed by atoms with Gasteiger partial charge in [0.15, 0.2) is 0 Å². The molecule has 0 aliphatic rings. The maximum Gasteiger partial charge on any atom is 0.0831 e. The number of hydrogen-bond donors (Lipinski definition) is 1. The molecule has 0 amide bonds. The van der Waals surface area contributed by atoms with E-state index in [0.717, 1.165) is 25.9 Å². The van der Waals surface area contributed by atoms with Crippen molar-refractivity contribution in [1.29, 1.82) is 0 Å². The fraction of sp³-hybridized carbons (Fsp3) is 1.00. The molecule has 0 aliphatic carbocycles. The van der Waals surface area contributed by atoms with E-state index in [-0.39, 0.29) is 12.2 Å². The van der Waals surface area contributed by atoms with Crippen LogP contribution in [0.1, 0.15) is 40.0 Å². The van der Waals surface area contributed by atoms with E-state index in [1.165, 1.54) is 0 Å². The first-order valence-corrected chi connectivity index (χ1v) is 4.55. The fourth-order valence-electron chi connectivity index (χ4n) is 1.03. The van der Waals surface area contributed by atoms with Crippen LogP contribution in [0.25, 0.3) is 0 Å². The lowest BCUT2D eigenvalue weighted by molar-refractivity contribution is -0.0397. The summed E-state index contributed by atoms with van der Waals surface area (Å²) in [6.07, 6.45) is 2.45. The van der Waals surface area contributed by atoms with Crippen LogP contribution in [0.3, 0.4) is 0 Å². The van der Waals surface area contributed by atoms with Gasteiger partial charge in [-0.1, -0.05) is 20.8 Å². The van der Waals surface area contributed by atoms with Gasteiger partial charge < -0.3 is 9.84 Å². The summed E-state index contributed by atoms with van der Waals surface area (Å²) in [5.74, 6) is 0. The highest BCUT2D eigenvalue weighted by Gasteiger charge is 2.14. The Bertz CT molecular complexity index is 83.6. The van der Waals surface area contributed by atoms with Gasteiger partial charge in [0.05, 0.1) is 12.2 Å². The Balaban J connectivity index is 3.56. The molecule has 0 aromatic rings. The molecule has 0 heterocycles. The SMILES string of the molecule is CCCOC(CC)C(O)CC. The third kappa shape index (κ3) is 4.38. The van der Waals surface area contributed by atoms with Gasteiger partial charge in [-0.2, -0.15) is 0 Å². The molecule has 0 aliphatic heterocycles. The number of rotatable bonds is 6. The van der Waals surface area contributed by atoms with Gasteiger partial charge in [0.1, 0.15) is 0 Å². The second-order valence-electron chi connectivity index (χ2n) is 2.79. The summed E-state index contributed by atoms with van der Waals surface area (Å²) in [6.45, 7) is 6.85. The van der Waals surface area contributed by atoms with E-state index >= 15 is 0 Å². The Labute approximate surface area is 69.6 Å². The molecular formula is C9H20O2. The predicted molar refractivity (Wildman–Crippen MR) is 46.6 cm³/mol. The van der Waals surface area contributed by atoms with Gasteiger partial charge >= 0.3 is 0 Å². The van der Waals surface area contributed by atoms with Gasteiger partial charge in [-0.15, -0.1) is 0 Å². The van der Waals surface area contributed by atoms with E-state index in [1.54, 1.807) is 0 Å². The van der Waals surface area contributed by atoms with Crippen LogP contribution in [0.15, 0.2) is 0 Å². The lowest BCUT2D eigenvalue weighted by Crippen LogP contribution is -2.27. The quantitative estimate of drug-likeness (QED) is 0.643. The molecule has 0 rings (SSSR count). The van der Waals surface area contributed by atoms with Crippen LogP contribution in [0.4, 0.5) is 0 Å². The first-order valence-electron chi connectivity index (χ1n) is 4.55. The van der Waals surface area contributed by atoms with Gasteiger partial charge in [0.2, 0.25) is 0 Å². The Morgan fingerprint density at radius 1 is 1.18 bits per heavy atom. The molecule has 0 spiro atoms. The average Bonchev–Trinajstić information content (AvgIpc) is 2.05. The Hall–Kier alpha value is -0.0800. The molecule has 2 unspecified atom stereocenters. The molecule has 2 atom stereocenters. The van der Waals surface area contributed by atoms with Crippen molar-refractivity contribution in [3.8, 4) is 0 Å². The molecule has 68 valence electrons. The summed E-state index contributed by atoms with van der Waals surface area (Å²) in [5, 5.41) is 9.42. The standard InChI is InChI=1S/C9H20O2/c1-4-7-11-9(6-3)8(10)5-2/h8-10H,4-7H2,1-3H3. The molecule has 2 heteroatoms. The van der Waals surface area contributed by atoms with E-state index in [4.69, 9.17) is 4.74 Å². The topological polar surface area (TPSA) is 29.5 Å². The molecule has 0 saturated carbocycles. The zero-order valence-electron chi connectivity index (χ0n) is 7.84. The number of hydrogen-bond acceptors (Lipinski definition) is 2. The number of aliphatic hydroxyl groups excluding tert-OH is 1. The molecule has 0 radical (unpaired) electrons. The average molecular weight is 160 g/mol. The van der Waals surface area contributed by atoms with E-state index < -0.39 is 0 Å². The Morgan fingerprint density at radius 3 is 2.18 bits per heavy atom. The molecule has 0 aromatic carbocycles. The lowest BCUT2D eigenvalue weighted by atomic mass is 10.1. The molecule has 0 saturated heterocycles. The third-order valence-electron chi connectivity index (χ3n) is 1.79. The van der Waals surface area contributed by atoms with E-state index in [9.17, 15) is 5.11 Å². The van der Waals surface area contributed by atoms with E-state index in [1.807, 2.05) is 13.8 Å². The molecule has 2 nitrogen and oxygen atoms in total. The maximum absolute atomic E-state index is 9.42. The summed E-state index contributed by atoms with van der Waals surface area (Å²) in [7, 11) is 0. The van der Waals surface area contributed by atoms with Crippen LogP contribution in [0.5, 0.6) is 0 Å². The van der Waals surface area contributed by atoms with Crippen molar-refractivity contribution >= 4 is 0 Å². The predicted octanol–water partition coefficient (Wildman–Crippen LogP) is 1.96. The lowest BCUT2D eigenvalue weighted by Gasteiger charge is -2.20. The molecule has 1 N–H and O–H groups in total. The normalized spacial score (nSPS) is 16.4. The van der Waals surface area contributed by atoms with Gasteiger partial charge in [-0.25, -0.2) is 0 Å². The minimum Gasteiger partial charge on any atom is -0.390 e. The highest BCUT2D eigenvalue weighted by Crippen LogP contribution is 2.07. The third-order valence-corrected chi connectivity index (χ3v) is 1.79. The second-order valence-corrected chi connectivity index (χ2v) is 2.79. The largest absolute Gasteiger partial charge is 0.390 e. The van der Waals surface area contributed by atoms with Crippen molar-refractivity contribution in [3.05, 3.63) is 0 Å². The van der Waals surface area contributed by atoms with Gasteiger partial charge in [0.25, 0.3) is 0 Å². The maximum atomic E-state index is 9.42. The summed E-state index contributed by atoms with van der Waals surface area (Å²) < 4.78 is 5.44. The molecular weight excluding hydrogens is 140 g/mol. The second kappa shape index (κ2) is 6.62. The summed E-state index contributed by atoms with van der Waals surface area (Å²) in [5.41, 5.74) is 0. The van der Waals surface area contributed by atoms with Crippen LogP contribution >= 0.6 is 0 Å². The monoisotopic (exact) mass is 160 g/mol. The van der Waals surface area contributed by atoms with Gasteiger partial charge in [-0.05, 0) is 19.3 Å². The summed E-state index contributed by atoms with van der Waals surface area (Å²) in [4.78, 5) is 0. The Kier molecular flexibility index (Phi) is 6.57. The molecule has 0 bridgehead atoms. The molecule has 11 heavy (non-hydrogen) atoms. The van der Waals surface area contributed by atoms with Crippen LogP contribution in [0.2, 0.25) is 0 Å². The van der Waals surface area contributed by atoms with Gasteiger partial charge in [0, 0.05) is 6.61 Å². The van der Waals surface area contributed by atoms with Crippen molar-refractivity contribution in [2.24, 2.45) is 0 Å². The van der Waals surface area contributed by atoms with Crippen LogP contribution in [0, 0.1) is 0 Å². The van der Waals surface area contributed by atoms with Crippen molar-refractivity contribution < 1.29 is 9.84 Å². The Morgan fingerprint density at radius 2 is 1.82 bits per heavy atom. The zero-order valence-corrected chi connectivity index (χ0v) is 7.84. The van der Waals surface area contributed by atoms with Crippen LogP contribution in [-0.4, -0.2) is 23.9 Å². The highest BCUT2D eigenvalue weighted by molar-refractivity contribution is 4.65. The molecule has 0 aromatic heterocycles. The van der Waals surface area contributed by atoms with Gasteiger partial charge in [-0.3, -0.25) is 0 Å². The minimum atomic E-state index is -0.286. The molecule has 0 fully saturated rings. The van der Waals surface area contributed by atoms with Crippen molar-refractivity contribution in [2.45, 2.75) is 52.2 Å². The highest BCUT2D eigenvalue weighted by atomic mass is 16.5. The minimum absolute atomic E-state index is 0.0416. The number of aliphatic hydroxyl groups is 1. The van der Waals surface area contributed by atoms with Crippen LogP contribution in [-0.2, 0) is 4.74 Å². The van der Waals surface area contributed by atoms with E-state index in [2.05, 4.69) is 6.92 Å². The van der Waals surface area contributed by atoms with Crippen molar-refractivity contribution in [1.82, 2.24) is 0 Å². The van der Waals surface area contributed by atoms with Crippen LogP contribution < -0.4 is 0 Å². The number of ether oxygens (including phenoxy) is 1. The van der Waals surface area contributed by atoms with Crippen molar-refractivity contribution in [2.75, 3.05) is 6.61 Å². The van der Waals surface area contributed by atoms with Crippen molar-refractivity contribution in [3.63, 3.8) is 0 Å². The van der Waals surface area contributed by atoms with E-state index in [0.29, 0.717) is 0 Å². The fourth-order valence-corrected chi connectivity index (χ4v) is 1.03.